The Hall–Kier alpha value is -2.15. The molecule has 26 heavy (non-hydrogen) atoms. The highest BCUT2D eigenvalue weighted by Gasteiger charge is 2.41. The van der Waals surface area contributed by atoms with Crippen molar-refractivity contribution in [3.05, 3.63) is 34.8 Å². The summed E-state index contributed by atoms with van der Waals surface area (Å²) in [4.78, 5) is 18.6. The minimum atomic E-state index is -0.0682. The van der Waals surface area contributed by atoms with Crippen molar-refractivity contribution in [3.63, 3.8) is 0 Å². The molecule has 142 valence electrons. The summed E-state index contributed by atoms with van der Waals surface area (Å²) in [6.45, 7) is 10.8. The van der Waals surface area contributed by atoms with Crippen LogP contribution >= 0.6 is 0 Å². The Kier molecular flexibility index (Phi) is 4.69. The van der Waals surface area contributed by atoms with Gasteiger partial charge < -0.3 is 14.6 Å². The lowest BCUT2D eigenvalue weighted by Gasteiger charge is -2.26. The van der Waals surface area contributed by atoms with Gasteiger partial charge in [-0.3, -0.25) is 9.48 Å². The average molecular weight is 359 g/mol. The summed E-state index contributed by atoms with van der Waals surface area (Å²) in [5, 5.41) is 8.00. The molecule has 7 heteroatoms. The standard InChI is InChI=1S/C19H29N5O2/c1-11-17(12(2)24(7)22-11)18-13(8-16(25)23(18)6)20-10-15-21-9-14(26-15)19(3,4)5/h9,13,18,20H,8,10H2,1-7H3/t13-,18-/m1/s1. The Bertz CT molecular complexity index is 814. The van der Waals surface area contributed by atoms with E-state index in [1.54, 1.807) is 6.20 Å². The number of hydrogen-bond acceptors (Lipinski definition) is 5. The van der Waals surface area contributed by atoms with E-state index < -0.39 is 0 Å². The van der Waals surface area contributed by atoms with Crippen LogP contribution in [0.4, 0.5) is 0 Å². The van der Waals surface area contributed by atoms with Gasteiger partial charge in [-0.2, -0.15) is 5.10 Å². The van der Waals surface area contributed by atoms with Crippen molar-refractivity contribution in [3.8, 4) is 0 Å². The Labute approximate surface area is 154 Å². The molecule has 1 aliphatic rings. The molecule has 1 amide bonds. The number of hydrogen-bond donors (Lipinski definition) is 1. The van der Waals surface area contributed by atoms with Crippen molar-refractivity contribution >= 4 is 5.91 Å². The van der Waals surface area contributed by atoms with Crippen LogP contribution < -0.4 is 5.32 Å². The Balaban J connectivity index is 1.80. The molecule has 1 aliphatic heterocycles. The average Bonchev–Trinajstić information content (AvgIpc) is 3.19. The summed E-state index contributed by atoms with van der Waals surface area (Å²) in [5.74, 6) is 1.65. The summed E-state index contributed by atoms with van der Waals surface area (Å²) in [5.41, 5.74) is 3.11. The molecule has 3 heterocycles. The monoisotopic (exact) mass is 359 g/mol. The minimum Gasteiger partial charge on any atom is -0.444 e. The number of nitrogens with zero attached hydrogens (tertiary/aromatic N) is 4. The van der Waals surface area contributed by atoms with E-state index in [-0.39, 0.29) is 23.4 Å². The lowest BCUT2D eigenvalue weighted by molar-refractivity contribution is -0.127. The zero-order valence-corrected chi connectivity index (χ0v) is 16.8. The van der Waals surface area contributed by atoms with Gasteiger partial charge >= 0.3 is 0 Å². The smallest absolute Gasteiger partial charge is 0.224 e. The van der Waals surface area contributed by atoms with Crippen molar-refractivity contribution in [2.75, 3.05) is 7.05 Å². The van der Waals surface area contributed by atoms with Gasteiger partial charge in [-0.1, -0.05) is 20.8 Å². The molecule has 3 rings (SSSR count). The molecule has 1 N–H and O–H groups in total. The molecule has 2 atom stereocenters. The summed E-state index contributed by atoms with van der Waals surface area (Å²) in [6.07, 6.45) is 2.25. The Morgan fingerprint density at radius 1 is 1.31 bits per heavy atom. The molecule has 1 fully saturated rings. The van der Waals surface area contributed by atoms with Crippen LogP contribution in [0.15, 0.2) is 10.6 Å². The largest absolute Gasteiger partial charge is 0.444 e. The molecule has 0 radical (unpaired) electrons. The van der Waals surface area contributed by atoms with E-state index in [4.69, 9.17) is 4.42 Å². The highest BCUT2D eigenvalue weighted by atomic mass is 16.4. The van der Waals surface area contributed by atoms with E-state index >= 15 is 0 Å². The van der Waals surface area contributed by atoms with Gasteiger partial charge in [0.2, 0.25) is 11.8 Å². The number of nitrogens with one attached hydrogen (secondary N) is 1. The predicted molar refractivity (Wildman–Crippen MR) is 98.6 cm³/mol. The van der Waals surface area contributed by atoms with Gasteiger partial charge in [-0.05, 0) is 13.8 Å². The Morgan fingerprint density at radius 2 is 2.00 bits per heavy atom. The van der Waals surface area contributed by atoms with Gasteiger partial charge in [0.05, 0.1) is 24.5 Å². The van der Waals surface area contributed by atoms with Crippen LogP contribution in [-0.4, -0.2) is 38.7 Å². The van der Waals surface area contributed by atoms with Crippen LogP contribution in [0.1, 0.15) is 61.8 Å². The summed E-state index contributed by atoms with van der Waals surface area (Å²) in [6, 6.07) is -0.0349. The summed E-state index contributed by atoms with van der Waals surface area (Å²) >= 11 is 0. The van der Waals surface area contributed by atoms with Gasteiger partial charge in [0.1, 0.15) is 5.76 Å². The zero-order chi connectivity index (χ0) is 19.2. The van der Waals surface area contributed by atoms with E-state index in [0.717, 1.165) is 22.7 Å². The third kappa shape index (κ3) is 3.28. The van der Waals surface area contributed by atoms with Crippen LogP contribution in [0.25, 0.3) is 0 Å². The first-order valence-electron chi connectivity index (χ1n) is 9.04. The number of carbonyl (C=O) groups is 1. The first-order chi connectivity index (χ1) is 12.1. The molecule has 0 spiro atoms. The zero-order valence-electron chi connectivity index (χ0n) is 16.8. The number of carbonyl (C=O) groups excluding carboxylic acids is 1. The van der Waals surface area contributed by atoms with E-state index in [9.17, 15) is 4.79 Å². The number of aromatic nitrogens is 3. The van der Waals surface area contributed by atoms with Gasteiger partial charge in [0.25, 0.3) is 0 Å². The number of amides is 1. The number of likely N-dealkylation sites (N-methyl/N-ethyl adjacent to an activating group) is 1. The van der Waals surface area contributed by atoms with Crippen LogP contribution in [-0.2, 0) is 23.8 Å². The SMILES string of the molecule is Cc1nn(C)c(C)c1[C@H]1[C@H](NCc2ncc(C(C)(C)C)o2)CC(=O)N1C. The fraction of sp³-hybridized carbons (Fsp3) is 0.632. The number of oxazole rings is 1. The van der Waals surface area contributed by atoms with Crippen LogP contribution in [0.2, 0.25) is 0 Å². The number of likely N-dealkylation sites (tertiary alicyclic amines) is 1. The molecule has 1 saturated heterocycles. The van der Waals surface area contributed by atoms with Crippen molar-refractivity contribution in [2.45, 2.75) is 65.1 Å². The fourth-order valence-corrected chi connectivity index (χ4v) is 3.62. The molecular formula is C19H29N5O2. The summed E-state index contributed by atoms with van der Waals surface area (Å²) in [7, 11) is 3.80. The van der Waals surface area contributed by atoms with Crippen LogP contribution in [0.5, 0.6) is 0 Å². The quantitative estimate of drug-likeness (QED) is 0.907. The van der Waals surface area contributed by atoms with Gasteiger partial charge in [-0.25, -0.2) is 4.98 Å². The highest BCUT2D eigenvalue weighted by Crippen LogP contribution is 2.35. The van der Waals surface area contributed by atoms with Crippen LogP contribution in [0.3, 0.4) is 0 Å². The second-order valence-corrected chi connectivity index (χ2v) is 8.22. The van der Waals surface area contributed by atoms with Crippen molar-refractivity contribution in [1.82, 2.24) is 25.0 Å². The highest BCUT2D eigenvalue weighted by molar-refractivity contribution is 5.80. The number of aryl methyl sites for hydroxylation is 2. The van der Waals surface area contributed by atoms with Gasteiger partial charge in [-0.15, -0.1) is 0 Å². The fourth-order valence-electron chi connectivity index (χ4n) is 3.62. The molecule has 7 nitrogen and oxygen atoms in total. The molecule has 0 unspecified atom stereocenters. The topological polar surface area (TPSA) is 76.2 Å². The molecule has 2 aromatic rings. The summed E-state index contributed by atoms with van der Waals surface area (Å²) < 4.78 is 7.74. The van der Waals surface area contributed by atoms with E-state index in [0.29, 0.717) is 18.9 Å². The maximum Gasteiger partial charge on any atom is 0.224 e. The maximum absolute atomic E-state index is 12.4. The molecule has 0 saturated carbocycles. The van der Waals surface area contributed by atoms with Gasteiger partial charge in [0, 0.05) is 43.2 Å². The van der Waals surface area contributed by atoms with E-state index in [2.05, 4.69) is 36.2 Å². The van der Waals surface area contributed by atoms with E-state index in [1.807, 2.05) is 37.5 Å². The Morgan fingerprint density at radius 3 is 2.54 bits per heavy atom. The third-order valence-electron chi connectivity index (χ3n) is 5.26. The lowest BCUT2D eigenvalue weighted by atomic mass is 9.94. The normalized spacial score (nSPS) is 21.0. The first kappa shape index (κ1) is 18.6. The minimum absolute atomic E-state index is 0.000846. The third-order valence-corrected chi connectivity index (χ3v) is 5.26. The molecule has 2 aromatic heterocycles. The second-order valence-electron chi connectivity index (χ2n) is 8.22. The molecule has 0 bridgehead atoms. The molecule has 0 aliphatic carbocycles. The molecule has 0 aromatic carbocycles. The lowest BCUT2D eigenvalue weighted by Crippen LogP contribution is -2.35. The van der Waals surface area contributed by atoms with Gasteiger partial charge in [0.15, 0.2) is 0 Å². The number of rotatable bonds is 4. The van der Waals surface area contributed by atoms with Crippen molar-refractivity contribution in [1.29, 1.82) is 0 Å². The van der Waals surface area contributed by atoms with E-state index in [1.165, 1.54) is 0 Å². The predicted octanol–water partition coefficient (Wildman–Crippen LogP) is 2.38. The maximum atomic E-state index is 12.4. The first-order valence-corrected chi connectivity index (χ1v) is 9.04. The molecular weight excluding hydrogens is 330 g/mol. The van der Waals surface area contributed by atoms with Crippen LogP contribution in [0, 0.1) is 13.8 Å². The second kappa shape index (κ2) is 6.54. The van der Waals surface area contributed by atoms with Crippen molar-refractivity contribution < 1.29 is 9.21 Å². The van der Waals surface area contributed by atoms with Crippen molar-refractivity contribution in [2.24, 2.45) is 7.05 Å².